The van der Waals surface area contributed by atoms with E-state index in [0.717, 1.165) is 93.2 Å². The normalized spacial score (nSPS) is 16.0. The van der Waals surface area contributed by atoms with E-state index in [1.54, 1.807) is 0 Å². The molecule has 7 rings (SSSR count). The highest BCUT2D eigenvalue weighted by Gasteiger charge is 2.36. The molecule has 1 unspecified atom stereocenters. The van der Waals surface area contributed by atoms with Gasteiger partial charge in [-0.2, -0.15) is 0 Å². The van der Waals surface area contributed by atoms with Crippen LogP contribution in [0.25, 0.3) is 32.7 Å². The molecule has 4 heterocycles. The molecule has 0 fully saturated rings. The van der Waals surface area contributed by atoms with Crippen molar-refractivity contribution in [3.05, 3.63) is 101 Å². The van der Waals surface area contributed by atoms with E-state index in [0.29, 0.717) is 23.1 Å². The van der Waals surface area contributed by atoms with Crippen LogP contribution < -0.4 is 16.2 Å². The van der Waals surface area contributed by atoms with Crippen molar-refractivity contribution in [1.29, 1.82) is 0 Å². The molecule has 3 aromatic heterocycles. The lowest BCUT2D eigenvalue weighted by molar-refractivity contribution is 0.289. The standard InChI is InChI=1S/C39H40N6O/c1-23(2)14-16-46-28-9-7-26(8-10-28)13-15-39(20-32-30-12-6-25(4)18-34(30)45-38(41)36(32)43-22-39)27-19-31-29-11-5-24(3)17-33(29)44-37(40)35(31)42-21-27/h5-12,17-19,21-23H,13-16,20H2,1-4H3,(H2,40,44)(H2,41,45). The second kappa shape index (κ2) is 11.7. The van der Waals surface area contributed by atoms with Crippen molar-refractivity contribution in [1.82, 2.24) is 15.0 Å². The monoisotopic (exact) mass is 608 g/mol. The lowest BCUT2D eigenvalue weighted by Gasteiger charge is -2.35. The highest BCUT2D eigenvalue weighted by molar-refractivity contribution is 6.08. The third-order valence-corrected chi connectivity index (χ3v) is 9.32. The second-order valence-electron chi connectivity index (χ2n) is 13.2. The number of rotatable bonds is 8. The fraction of sp³-hybridized carbons (Fsp3) is 0.282. The molecule has 46 heavy (non-hydrogen) atoms. The van der Waals surface area contributed by atoms with Crippen LogP contribution in [-0.2, 0) is 18.3 Å². The summed E-state index contributed by atoms with van der Waals surface area (Å²) in [5, 5.41) is 3.12. The Hall–Kier alpha value is -5.04. The molecule has 0 spiro atoms. The maximum Gasteiger partial charge on any atom is 0.150 e. The minimum atomic E-state index is -0.443. The third-order valence-electron chi connectivity index (χ3n) is 9.32. The molecule has 7 nitrogen and oxygen atoms in total. The van der Waals surface area contributed by atoms with Gasteiger partial charge >= 0.3 is 0 Å². The molecule has 0 saturated carbocycles. The Morgan fingerprint density at radius 1 is 0.826 bits per heavy atom. The molecule has 1 aliphatic rings. The fourth-order valence-electron chi connectivity index (χ4n) is 6.62. The minimum Gasteiger partial charge on any atom is -0.494 e. The zero-order chi connectivity index (χ0) is 32.0. The highest BCUT2D eigenvalue weighted by atomic mass is 16.5. The van der Waals surface area contributed by atoms with Gasteiger partial charge < -0.3 is 16.2 Å². The molecule has 0 aliphatic carbocycles. The van der Waals surface area contributed by atoms with Crippen LogP contribution in [0.15, 0.2) is 77.9 Å². The van der Waals surface area contributed by atoms with E-state index in [2.05, 4.69) is 106 Å². The number of nitrogens with two attached hydrogens (primary N) is 2. The van der Waals surface area contributed by atoms with Gasteiger partial charge in [-0.05, 0) is 104 Å². The quantitative estimate of drug-likeness (QED) is 0.168. The number of ether oxygens (including phenoxy) is 1. The van der Waals surface area contributed by atoms with Crippen LogP contribution >= 0.6 is 0 Å². The molecule has 232 valence electrons. The number of pyridine rings is 3. The van der Waals surface area contributed by atoms with Gasteiger partial charge in [0.2, 0.25) is 0 Å². The first-order chi connectivity index (χ1) is 22.2. The minimum absolute atomic E-state index is 0.437. The van der Waals surface area contributed by atoms with Gasteiger partial charge in [0.1, 0.15) is 22.8 Å². The summed E-state index contributed by atoms with van der Waals surface area (Å²) in [6.07, 6.45) is 7.47. The maximum atomic E-state index is 6.51. The van der Waals surface area contributed by atoms with Gasteiger partial charge in [-0.1, -0.05) is 50.2 Å². The highest BCUT2D eigenvalue weighted by Crippen LogP contribution is 2.44. The molecular weight excluding hydrogens is 568 g/mol. The Labute approximate surface area is 269 Å². The SMILES string of the molecule is Cc1ccc2c3c(c(N)nc2c1)N=CC(CCc1ccc(OCCC(C)C)cc1)(c1cnc2c(N)nc4cc(C)ccc4c2c1)C3. The predicted molar refractivity (Wildman–Crippen MR) is 190 cm³/mol. The predicted octanol–water partition coefficient (Wildman–Crippen LogP) is 8.37. The second-order valence-corrected chi connectivity index (χ2v) is 13.2. The van der Waals surface area contributed by atoms with E-state index in [-0.39, 0.29) is 0 Å². The molecule has 0 bridgehead atoms. The zero-order valence-corrected chi connectivity index (χ0v) is 27.0. The Morgan fingerprint density at radius 3 is 2.26 bits per heavy atom. The molecule has 1 aliphatic heterocycles. The average molecular weight is 609 g/mol. The Bertz CT molecular complexity index is 2140. The number of nitrogen functional groups attached to an aromatic ring is 2. The van der Waals surface area contributed by atoms with Crippen molar-refractivity contribution < 1.29 is 4.74 Å². The number of anilines is 2. The number of nitrogens with zero attached hydrogens (tertiary/aromatic N) is 4. The summed E-state index contributed by atoms with van der Waals surface area (Å²) in [5.74, 6) is 2.42. The van der Waals surface area contributed by atoms with E-state index in [9.17, 15) is 0 Å². The number of fused-ring (bicyclic) bond motifs is 6. The largest absolute Gasteiger partial charge is 0.494 e. The van der Waals surface area contributed by atoms with E-state index >= 15 is 0 Å². The first-order valence-electron chi connectivity index (χ1n) is 16.1. The summed E-state index contributed by atoms with van der Waals surface area (Å²) in [6, 6.07) is 23.4. The molecule has 7 heteroatoms. The lowest BCUT2D eigenvalue weighted by atomic mass is 9.71. The van der Waals surface area contributed by atoms with Crippen LogP contribution in [0.3, 0.4) is 0 Å². The molecular formula is C39H40N6O. The first-order valence-corrected chi connectivity index (χ1v) is 16.1. The van der Waals surface area contributed by atoms with Gasteiger partial charge in [-0.15, -0.1) is 0 Å². The number of benzene rings is 3. The Morgan fingerprint density at radius 2 is 1.52 bits per heavy atom. The van der Waals surface area contributed by atoms with Crippen molar-refractivity contribution in [3.8, 4) is 5.75 Å². The molecule has 6 aromatic rings. The van der Waals surface area contributed by atoms with Gasteiger partial charge in [-0.3, -0.25) is 9.98 Å². The number of aliphatic imine (C=N–C) groups is 1. The van der Waals surface area contributed by atoms with Gasteiger partial charge in [0, 0.05) is 34.0 Å². The number of aryl methyl sites for hydroxylation is 3. The summed E-state index contributed by atoms with van der Waals surface area (Å²) < 4.78 is 5.99. The van der Waals surface area contributed by atoms with Crippen LogP contribution in [0.2, 0.25) is 0 Å². The van der Waals surface area contributed by atoms with Gasteiger partial charge in [-0.25, -0.2) is 9.97 Å². The van der Waals surface area contributed by atoms with Crippen LogP contribution in [0.1, 0.15) is 54.5 Å². The Kier molecular flexibility index (Phi) is 7.55. The Balaban J connectivity index is 1.32. The molecule has 3 aromatic carbocycles. The molecule has 4 N–H and O–H groups in total. The topological polar surface area (TPSA) is 112 Å². The van der Waals surface area contributed by atoms with E-state index in [1.165, 1.54) is 5.56 Å². The third kappa shape index (κ3) is 5.51. The van der Waals surface area contributed by atoms with Gasteiger partial charge in [0.15, 0.2) is 5.82 Å². The van der Waals surface area contributed by atoms with Crippen molar-refractivity contribution in [2.75, 3.05) is 18.1 Å². The molecule has 1 atom stereocenters. The lowest BCUT2D eigenvalue weighted by Crippen LogP contribution is -2.34. The number of aromatic nitrogens is 3. The average Bonchev–Trinajstić information content (AvgIpc) is 3.04. The fourth-order valence-corrected chi connectivity index (χ4v) is 6.62. The van der Waals surface area contributed by atoms with Gasteiger partial charge in [0.25, 0.3) is 0 Å². The van der Waals surface area contributed by atoms with Crippen molar-refractivity contribution in [2.24, 2.45) is 10.9 Å². The smallest absolute Gasteiger partial charge is 0.150 e. The first kappa shape index (κ1) is 29.7. The molecule has 0 radical (unpaired) electrons. The van der Waals surface area contributed by atoms with Crippen LogP contribution in [0.5, 0.6) is 5.75 Å². The van der Waals surface area contributed by atoms with Crippen molar-refractivity contribution >= 4 is 56.2 Å². The van der Waals surface area contributed by atoms with Crippen LogP contribution in [-0.4, -0.2) is 27.8 Å². The number of hydrogen-bond donors (Lipinski definition) is 2. The van der Waals surface area contributed by atoms with Crippen molar-refractivity contribution in [2.45, 2.75) is 58.8 Å². The summed E-state index contributed by atoms with van der Waals surface area (Å²) in [5.41, 5.74) is 21.5. The van der Waals surface area contributed by atoms with Gasteiger partial charge in [0.05, 0.1) is 17.6 Å². The van der Waals surface area contributed by atoms with E-state index in [4.69, 9.17) is 31.2 Å². The summed E-state index contributed by atoms with van der Waals surface area (Å²) in [6.45, 7) is 9.30. The summed E-state index contributed by atoms with van der Waals surface area (Å²) in [7, 11) is 0. The molecule has 0 saturated heterocycles. The van der Waals surface area contributed by atoms with E-state index in [1.807, 2.05) is 6.20 Å². The van der Waals surface area contributed by atoms with E-state index < -0.39 is 5.41 Å². The maximum absolute atomic E-state index is 6.51. The van der Waals surface area contributed by atoms with Crippen LogP contribution in [0, 0.1) is 19.8 Å². The molecule has 0 amide bonds. The van der Waals surface area contributed by atoms with Crippen LogP contribution in [0.4, 0.5) is 17.3 Å². The summed E-state index contributed by atoms with van der Waals surface area (Å²) in [4.78, 5) is 19.4. The van der Waals surface area contributed by atoms with Crippen molar-refractivity contribution in [3.63, 3.8) is 0 Å². The number of hydrogen-bond acceptors (Lipinski definition) is 7. The zero-order valence-electron chi connectivity index (χ0n) is 27.0. The summed E-state index contributed by atoms with van der Waals surface area (Å²) >= 11 is 0.